The number of nitrogens with zero attached hydrogens (tertiary/aromatic N) is 2. The van der Waals surface area contributed by atoms with Crippen LogP contribution in [0.4, 0.5) is 0 Å². The number of nitrogens with one attached hydrogen (secondary N) is 2. The summed E-state index contributed by atoms with van der Waals surface area (Å²) in [4.78, 5) is 7.01. The van der Waals surface area contributed by atoms with Crippen molar-refractivity contribution in [2.45, 2.75) is 44.1 Å². The fourth-order valence-corrected chi connectivity index (χ4v) is 4.35. The molecular weight excluding hydrogens is 324 g/mol. The number of likely N-dealkylation sites (tertiary alicyclic amines) is 1. The average Bonchev–Trinajstić information content (AvgIpc) is 3.17. The minimum absolute atomic E-state index is 0.125. The number of aliphatic imine (C=N–C) groups is 1. The Kier molecular flexibility index (Phi) is 6.92. The largest absolute Gasteiger partial charge is 0.381 e. The van der Waals surface area contributed by atoms with E-state index >= 15 is 0 Å². The molecule has 0 amide bonds. The van der Waals surface area contributed by atoms with Gasteiger partial charge in [0.25, 0.3) is 0 Å². The van der Waals surface area contributed by atoms with E-state index in [0.717, 1.165) is 51.6 Å². The molecule has 1 atom stereocenters. The summed E-state index contributed by atoms with van der Waals surface area (Å²) < 4.78 is 5.64. The summed E-state index contributed by atoms with van der Waals surface area (Å²) in [6.45, 7) is 8.13. The van der Waals surface area contributed by atoms with E-state index in [0.29, 0.717) is 6.04 Å². The van der Waals surface area contributed by atoms with Crippen molar-refractivity contribution in [2.75, 3.05) is 46.4 Å². The van der Waals surface area contributed by atoms with Crippen molar-refractivity contribution in [3.8, 4) is 0 Å². The molecule has 0 saturated carbocycles. The number of hydrogen-bond acceptors (Lipinski definition) is 3. The highest BCUT2D eigenvalue weighted by Crippen LogP contribution is 2.34. The predicted octanol–water partition coefficient (Wildman–Crippen LogP) is 2.38. The Hall–Kier alpha value is -1.59. The van der Waals surface area contributed by atoms with Gasteiger partial charge in [-0.3, -0.25) is 9.89 Å². The topological polar surface area (TPSA) is 48.9 Å². The number of benzene rings is 1. The third kappa shape index (κ3) is 4.57. The van der Waals surface area contributed by atoms with E-state index in [1.165, 1.54) is 24.9 Å². The quantitative estimate of drug-likeness (QED) is 0.606. The molecule has 2 heterocycles. The van der Waals surface area contributed by atoms with Crippen LogP contribution >= 0.6 is 0 Å². The van der Waals surface area contributed by atoms with E-state index in [-0.39, 0.29) is 5.41 Å². The first kappa shape index (κ1) is 19.2. The summed E-state index contributed by atoms with van der Waals surface area (Å²) in [5.74, 6) is 0.912. The summed E-state index contributed by atoms with van der Waals surface area (Å²) in [5.41, 5.74) is 1.53. The van der Waals surface area contributed by atoms with Gasteiger partial charge in [0.1, 0.15) is 0 Å². The van der Waals surface area contributed by atoms with Crippen molar-refractivity contribution < 1.29 is 4.74 Å². The first-order valence-corrected chi connectivity index (χ1v) is 10.1. The van der Waals surface area contributed by atoms with Gasteiger partial charge in [0, 0.05) is 44.8 Å². The van der Waals surface area contributed by atoms with Crippen LogP contribution in [0.15, 0.2) is 35.3 Å². The Morgan fingerprint density at radius 1 is 1.23 bits per heavy atom. The molecule has 2 saturated heterocycles. The lowest BCUT2D eigenvalue weighted by Crippen LogP contribution is -2.50. The molecule has 2 aliphatic heterocycles. The van der Waals surface area contributed by atoms with Crippen LogP contribution in [0.5, 0.6) is 0 Å². The number of ether oxygens (including phenoxy) is 1. The Balaban J connectivity index is 1.59. The molecule has 2 N–H and O–H groups in total. The van der Waals surface area contributed by atoms with Gasteiger partial charge < -0.3 is 15.4 Å². The summed E-state index contributed by atoms with van der Waals surface area (Å²) in [5, 5.41) is 7.15. The zero-order chi connectivity index (χ0) is 18.2. The SMILES string of the molecule is CCN1CCCC1CNC(=NC)NCC1(c2ccccc2)CCOCC1. The number of hydrogen-bond donors (Lipinski definition) is 2. The van der Waals surface area contributed by atoms with Crippen molar-refractivity contribution in [3.05, 3.63) is 35.9 Å². The van der Waals surface area contributed by atoms with Gasteiger partial charge in [0.2, 0.25) is 0 Å². The van der Waals surface area contributed by atoms with Crippen LogP contribution in [0.3, 0.4) is 0 Å². The molecule has 0 radical (unpaired) electrons. The van der Waals surface area contributed by atoms with Gasteiger partial charge in [0.05, 0.1) is 0 Å². The highest BCUT2D eigenvalue weighted by atomic mass is 16.5. The molecule has 3 rings (SSSR count). The Morgan fingerprint density at radius 3 is 2.69 bits per heavy atom. The molecule has 1 aromatic carbocycles. The fraction of sp³-hybridized carbons (Fsp3) is 0.667. The van der Waals surface area contributed by atoms with Crippen molar-refractivity contribution in [1.82, 2.24) is 15.5 Å². The van der Waals surface area contributed by atoms with Gasteiger partial charge in [0.15, 0.2) is 5.96 Å². The van der Waals surface area contributed by atoms with Crippen molar-refractivity contribution in [1.29, 1.82) is 0 Å². The van der Waals surface area contributed by atoms with Gasteiger partial charge in [-0.2, -0.15) is 0 Å². The summed E-state index contributed by atoms with van der Waals surface area (Å²) in [7, 11) is 1.86. The molecule has 0 spiro atoms. The van der Waals surface area contributed by atoms with Crippen molar-refractivity contribution in [3.63, 3.8) is 0 Å². The van der Waals surface area contributed by atoms with Gasteiger partial charge in [-0.25, -0.2) is 0 Å². The minimum Gasteiger partial charge on any atom is -0.381 e. The number of rotatable bonds is 6. The van der Waals surface area contributed by atoms with Gasteiger partial charge in [-0.1, -0.05) is 37.3 Å². The average molecular weight is 359 g/mol. The second-order valence-corrected chi connectivity index (χ2v) is 7.49. The van der Waals surface area contributed by atoms with Crippen molar-refractivity contribution >= 4 is 5.96 Å². The lowest BCUT2D eigenvalue weighted by molar-refractivity contribution is 0.0514. The molecule has 144 valence electrons. The third-order valence-corrected chi connectivity index (χ3v) is 6.06. The zero-order valence-electron chi connectivity index (χ0n) is 16.3. The second kappa shape index (κ2) is 9.38. The first-order chi connectivity index (χ1) is 12.8. The van der Waals surface area contributed by atoms with Crippen LogP contribution in [0.2, 0.25) is 0 Å². The summed E-state index contributed by atoms with van der Waals surface area (Å²) in [6.07, 6.45) is 4.69. The van der Waals surface area contributed by atoms with E-state index < -0.39 is 0 Å². The number of likely N-dealkylation sites (N-methyl/N-ethyl adjacent to an activating group) is 1. The molecule has 0 bridgehead atoms. The van der Waals surface area contributed by atoms with Crippen LogP contribution < -0.4 is 10.6 Å². The Bertz CT molecular complexity index is 569. The molecule has 5 heteroatoms. The lowest BCUT2D eigenvalue weighted by atomic mass is 9.74. The lowest BCUT2D eigenvalue weighted by Gasteiger charge is -2.38. The second-order valence-electron chi connectivity index (χ2n) is 7.49. The van der Waals surface area contributed by atoms with E-state index in [1.54, 1.807) is 0 Å². The van der Waals surface area contributed by atoms with Gasteiger partial charge in [-0.15, -0.1) is 0 Å². The highest BCUT2D eigenvalue weighted by molar-refractivity contribution is 5.79. The van der Waals surface area contributed by atoms with Gasteiger partial charge in [-0.05, 0) is 44.3 Å². The van der Waals surface area contributed by atoms with Crippen LogP contribution in [-0.2, 0) is 10.2 Å². The maximum Gasteiger partial charge on any atom is 0.191 e. The van der Waals surface area contributed by atoms with Crippen LogP contribution in [0.1, 0.15) is 38.2 Å². The summed E-state index contributed by atoms with van der Waals surface area (Å²) in [6, 6.07) is 11.5. The third-order valence-electron chi connectivity index (χ3n) is 6.06. The van der Waals surface area contributed by atoms with E-state index in [4.69, 9.17) is 4.74 Å². The monoisotopic (exact) mass is 358 g/mol. The fourth-order valence-electron chi connectivity index (χ4n) is 4.35. The molecular formula is C21H34N4O. The molecule has 2 fully saturated rings. The molecule has 1 aromatic rings. The zero-order valence-corrected chi connectivity index (χ0v) is 16.3. The predicted molar refractivity (Wildman–Crippen MR) is 108 cm³/mol. The van der Waals surface area contributed by atoms with Crippen LogP contribution in [0.25, 0.3) is 0 Å². The standard InChI is InChI=1S/C21H34N4O/c1-3-25-13-7-10-19(25)16-23-20(22-2)24-17-21(11-14-26-15-12-21)18-8-5-4-6-9-18/h4-6,8-9,19H,3,7,10-17H2,1-2H3,(H2,22,23,24). The normalized spacial score (nSPS) is 23.8. The minimum atomic E-state index is 0.125. The van der Waals surface area contributed by atoms with Crippen LogP contribution in [-0.4, -0.2) is 63.3 Å². The first-order valence-electron chi connectivity index (χ1n) is 10.1. The smallest absolute Gasteiger partial charge is 0.191 e. The van der Waals surface area contributed by atoms with Crippen LogP contribution in [0, 0.1) is 0 Å². The maximum absolute atomic E-state index is 5.64. The Labute approximate surface area is 158 Å². The van der Waals surface area contributed by atoms with E-state index in [9.17, 15) is 0 Å². The molecule has 5 nitrogen and oxygen atoms in total. The molecule has 0 aromatic heterocycles. The molecule has 26 heavy (non-hydrogen) atoms. The Morgan fingerprint density at radius 2 is 2.00 bits per heavy atom. The molecule has 0 aliphatic carbocycles. The van der Waals surface area contributed by atoms with Crippen molar-refractivity contribution in [2.24, 2.45) is 4.99 Å². The summed E-state index contributed by atoms with van der Waals surface area (Å²) >= 11 is 0. The van der Waals surface area contributed by atoms with E-state index in [2.05, 4.69) is 57.8 Å². The molecule has 2 aliphatic rings. The highest BCUT2D eigenvalue weighted by Gasteiger charge is 2.34. The van der Waals surface area contributed by atoms with E-state index in [1.807, 2.05) is 7.05 Å². The van der Waals surface area contributed by atoms with Gasteiger partial charge >= 0.3 is 0 Å². The molecule has 1 unspecified atom stereocenters. The maximum atomic E-state index is 5.64. The number of guanidine groups is 1.